The molecule has 1 aromatic rings. The molecule has 2 amide bonds. The molecule has 0 radical (unpaired) electrons. The van der Waals surface area contributed by atoms with E-state index in [0.29, 0.717) is 21.6 Å². The Hall–Kier alpha value is -1.53. The van der Waals surface area contributed by atoms with E-state index in [1.807, 2.05) is 0 Å². The second kappa shape index (κ2) is 6.95. The summed E-state index contributed by atoms with van der Waals surface area (Å²) in [5, 5.41) is 6.29. The van der Waals surface area contributed by atoms with Crippen molar-refractivity contribution in [2.75, 3.05) is 11.9 Å². The minimum absolute atomic E-state index is 0.263. The van der Waals surface area contributed by atoms with Gasteiger partial charge in [-0.15, -0.1) is 0 Å². The minimum atomic E-state index is -0.567. The van der Waals surface area contributed by atoms with Crippen LogP contribution in [-0.4, -0.2) is 23.9 Å². The van der Waals surface area contributed by atoms with Crippen molar-refractivity contribution >= 4 is 39.5 Å². The van der Waals surface area contributed by atoms with Crippen molar-refractivity contribution in [3.63, 3.8) is 0 Å². The lowest BCUT2D eigenvalue weighted by atomic mass is 9.96. The number of carbonyl (C=O) groups is 2. The van der Waals surface area contributed by atoms with Crippen LogP contribution in [0.25, 0.3) is 0 Å². The summed E-state index contributed by atoms with van der Waals surface area (Å²) in [6, 6.07) is 6.02. The molecule has 0 fully saturated rings. The molecule has 112 valence electrons. The van der Waals surface area contributed by atoms with Gasteiger partial charge in [0.2, 0.25) is 0 Å². The van der Waals surface area contributed by atoms with Crippen LogP contribution in [0.3, 0.4) is 0 Å². The number of rotatable bonds is 4. The largest absolute Gasteiger partial charge is 0.463 e. The first kappa shape index (κ1) is 15.9. The number of ether oxygens (including phenoxy) is 1. The molecule has 1 aromatic carbocycles. The zero-order chi connectivity index (χ0) is 15.4. The van der Waals surface area contributed by atoms with E-state index in [1.165, 1.54) is 0 Å². The number of hydrogen-bond donors (Lipinski definition) is 2. The summed E-state index contributed by atoms with van der Waals surface area (Å²) in [4.78, 5) is 24.0. The summed E-state index contributed by atoms with van der Waals surface area (Å²) in [6.45, 7) is 2.00. The average molecular weight is 374 g/mol. The van der Waals surface area contributed by atoms with Gasteiger partial charge in [-0.2, -0.15) is 0 Å². The molecule has 0 aromatic heterocycles. The number of carbonyl (C=O) groups excluding carboxylic acids is 2. The maximum atomic E-state index is 12.2. The highest BCUT2D eigenvalue weighted by molar-refractivity contribution is 9.09. The van der Waals surface area contributed by atoms with Gasteiger partial charge in [-0.05, 0) is 24.6 Å². The van der Waals surface area contributed by atoms with E-state index < -0.39 is 12.0 Å². The molecule has 2 rings (SSSR count). The van der Waals surface area contributed by atoms with Crippen molar-refractivity contribution in [1.82, 2.24) is 10.6 Å². The van der Waals surface area contributed by atoms with Gasteiger partial charge in [-0.25, -0.2) is 9.59 Å². The van der Waals surface area contributed by atoms with Crippen LogP contribution in [0.2, 0.25) is 5.02 Å². The Morgan fingerprint density at radius 1 is 1.38 bits per heavy atom. The maximum Gasteiger partial charge on any atom is 0.338 e. The zero-order valence-corrected chi connectivity index (χ0v) is 13.6. The van der Waals surface area contributed by atoms with Crippen molar-refractivity contribution in [3.8, 4) is 0 Å². The molecule has 1 aliphatic heterocycles. The van der Waals surface area contributed by atoms with E-state index in [-0.39, 0.29) is 12.6 Å². The lowest BCUT2D eigenvalue weighted by Gasteiger charge is -2.28. The second-order valence-corrected chi connectivity index (χ2v) is 5.33. The van der Waals surface area contributed by atoms with Crippen LogP contribution in [0.4, 0.5) is 4.79 Å². The Kier molecular flexibility index (Phi) is 5.25. The lowest BCUT2D eigenvalue weighted by Crippen LogP contribution is -2.46. The number of esters is 1. The molecule has 0 saturated heterocycles. The second-order valence-electron chi connectivity index (χ2n) is 4.33. The highest BCUT2D eigenvalue weighted by Gasteiger charge is 2.33. The molecule has 1 atom stereocenters. The van der Waals surface area contributed by atoms with Crippen molar-refractivity contribution in [2.45, 2.75) is 13.0 Å². The fourth-order valence-corrected chi connectivity index (χ4v) is 2.65. The van der Waals surface area contributed by atoms with E-state index in [4.69, 9.17) is 16.3 Å². The Morgan fingerprint density at radius 3 is 2.62 bits per heavy atom. The normalized spacial score (nSPS) is 18.0. The first-order chi connectivity index (χ1) is 10.1. The molecule has 0 aliphatic carbocycles. The van der Waals surface area contributed by atoms with Crippen molar-refractivity contribution in [2.24, 2.45) is 0 Å². The monoisotopic (exact) mass is 372 g/mol. The van der Waals surface area contributed by atoms with Crippen LogP contribution in [0.15, 0.2) is 35.5 Å². The molecule has 0 saturated carbocycles. The van der Waals surface area contributed by atoms with Crippen LogP contribution >= 0.6 is 27.5 Å². The SMILES string of the molecule is CCOC(=O)C1=C(CBr)NC(=O)N[C@@H]1c1ccc(Cl)cc1. The van der Waals surface area contributed by atoms with E-state index in [2.05, 4.69) is 26.6 Å². The number of urea groups is 1. The van der Waals surface area contributed by atoms with Gasteiger partial charge in [0.15, 0.2) is 0 Å². The Balaban J connectivity index is 2.46. The van der Waals surface area contributed by atoms with Gasteiger partial charge >= 0.3 is 12.0 Å². The standard InChI is InChI=1S/C14H14BrClN2O3/c1-2-21-13(19)11-10(7-15)17-14(20)18-12(11)8-3-5-9(16)6-4-8/h3-6,12H,2,7H2,1H3,(H2,17,18,20)/t12-/m1/s1. The molecule has 1 heterocycles. The number of alkyl halides is 1. The van der Waals surface area contributed by atoms with E-state index in [9.17, 15) is 9.59 Å². The van der Waals surface area contributed by atoms with Crippen LogP contribution in [0, 0.1) is 0 Å². The summed E-state index contributed by atoms with van der Waals surface area (Å²) >= 11 is 9.15. The predicted molar refractivity (Wildman–Crippen MR) is 83.3 cm³/mol. The minimum Gasteiger partial charge on any atom is -0.463 e. The summed E-state index contributed by atoms with van der Waals surface area (Å²) in [6.07, 6.45) is 0. The van der Waals surface area contributed by atoms with Gasteiger partial charge in [0.1, 0.15) is 0 Å². The third-order valence-electron chi connectivity index (χ3n) is 2.99. The fourth-order valence-electron chi connectivity index (χ4n) is 2.08. The smallest absolute Gasteiger partial charge is 0.338 e. The summed E-state index contributed by atoms with van der Waals surface area (Å²) in [5.41, 5.74) is 1.64. The molecule has 21 heavy (non-hydrogen) atoms. The number of nitrogens with one attached hydrogen (secondary N) is 2. The van der Waals surface area contributed by atoms with Crippen LogP contribution in [-0.2, 0) is 9.53 Å². The number of amides is 2. The van der Waals surface area contributed by atoms with Gasteiger partial charge in [0.05, 0.1) is 18.2 Å². The molecular weight excluding hydrogens is 360 g/mol. The predicted octanol–water partition coefficient (Wildman–Crippen LogP) is 2.91. The Morgan fingerprint density at radius 2 is 2.05 bits per heavy atom. The molecule has 0 unspecified atom stereocenters. The summed E-state index contributed by atoms with van der Waals surface area (Å²) in [7, 11) is 0. The number of allylic oxidation sites excluding steroid dienone is 1. The molecule has 0 bridgehead atoms. The average Bonchev–Trinajstić information content (AvgIpc) is 2.47. The topological polar surface area (TPSA) is 67.4 Å². The third-order valence-corrected chi connectivity index (χ3v) is 3.80. The summed E-state index contributed by atoms with van der Waals surface area (Å²) < 4.78 is 5.09. The lowest BCUT2D eigenvalue weighted by molar-refractivity contribution is -0.139. The van der Waals surface area contributed by atoms with Crippen molar-refractivity contribution < 1.29 is 14.3 Å². The highest BCUT2D eigenvalue weighted by Crippen LogP contribution is 2.29. The first-order valence-electron chi connectivity index (χ1n) is 6.36. The van der Waals surface area contributed by atoms with Crippen LogP contribution in [0.5, 0.6) is 0 Å². The molecular formula is C14H14BrClN2O3. The van der Waals surface area contributed by atoms with Crippen molar-refractivity contribution in [3.05, 3.63) is 46.1 Å². The molecule has 1 aliphatic rings. The van der Waals surface area contributed by atoms with Gasteiger partial charge in [-0.1, -0.05) is 39.7 Å². The molecule has 5 nitrogen and oxygen atoms in total. The number of benzene rings is 1. The maximum absolute atomic E-state index is 12.2. The van der Waals surface area contributed by atoms with Crippen molar-refractivity contribution in [1.29, 1.82) is 0 Å². The quantitative estimate of drug-likeness (QED) is 0.630. The van der Waals surface area contributed by atoms with E-state index >= 15 is 0 Å². The van der Waals surface area contributed by atoms with Crippen LogP contribution in [0.1, 0.15) is 18.5 Å². The van der Waals surface area contributed by atoms with Crippen LogP contribution < -0.4 is 10.6 Å². The summed E-state index contributed by atoms with van der Waals surface area (Å²) in [5.74, 6) is -0.459. The van der Waals surface area contributed by atoms with Gasteiger partial charge < -0.3 is 15.4 Å². The van der Waals surface area contributed by atoms with Gasteiger partial charge in [0.25, 0.3) is 0 Å². The van der Waals surface area contributed by atoms with Gasteiger partial charge in [0, 0.05) is 16.0 Å². The molecule has 2 N–H and O–H groups in total. The van der Waals surface area contributed by atoms with E-state index in [0.717, 1.165) is 5.56 Å². The molecule has 0 spiro atoms. The first-order valence-corrected chi connectivity index (χ1v) is 7.85. The zero-order valence-electron chi connectivity index (χ0n) is 11.3. The number of hydrogen-bond acceptors (Lipinski definition) is 3. The number of halogens is 2. The fraction of sp³-hybridized carbons (Fsp3) is 0.286. The van der Waals surface area contributed by atoms with E-state index in [1.54, 1.807) is 31.2 Å². The molecule has 7 heteroatoms. The third kappa shape index (κ3) is 3.57. The Bertz CT molecular complexity index is 586. The van der Waals surface area contributed by atoms with Gasteiger partial charge in [-0.3, -0.25) is 0 Å². The highest BCUT2D eigenvalue weighted by atomic mass is 79.9. The Labute approximate surface area is 135 Å².